The first-order valence-electron chi connectivity index (χ1n) is 5.90. The number of tetrazole rings is 1. The third-order valence-corrected chi connectivity index (χ3v) is 4.18. The number of para-hydroxylation sites is 2. The molecular formula is C12H16N4OS2. The van der Waals surface area contributed by atoms with E-state index in [1.54, 1.807) is 23.6 Å². The summed E-state index contributed by atoms with van der Waals surface area (Å²) in [5, 5.41) is 12.7. The lowest BCUT2D eigenvalue weighted by Crippen LogP contribution is -2.02. The first-order valence-corrected chi connectivity index (χ1v) is 8.28. The number of hydrogen-bond donors (Lipinski definition) is 0. The maximum atomic E-state index is 5.34. The van der Waals surface area contributed by atoms with Gasteiger partial charge in [0.2, 0.25) is 5.16 Å². The molecule has 1 aromatic heterocycles. The Kier molecular flexibility index (Phi) is 5.53. The van der Waals surface area contributed by atoms with Crippen LogP contribution in [0.5, 0.6) is 5.75 Å². The normalized spacial score (nSPS) is 10.6. The molecule has 2 rings (SSSR count). The zero-order valence-corrected chi connectivity index (χ0v) is 12.6. The van der Waals surface area contributed by atoms with E-state index in [0.29, 0.717) is 0 Å². The van der Waals surface area contributed by atoms with Gasteiger partial charge in [0.15, 0.2) is 0 Å². The number of benzene rings is 1. The van der Waals surface area contributed by atoms with Gasteiger partial charge in [0, 0.05) is 5.75 Å². The van der Waals surface area contributed by atoms with Crippen molar-refractivity contribution in [2.75, 3.05) is 24.9 Å². The fourth-order valence-corrected chi connectivity index (χ4v) is 3.03. The van der Waals surface area contributed by atoms with Gasteiger partial charge < -0.3 is 4.74 Å². The molecule has 19 heavy (non-hydrogen) atoms. The highest BCUT2D eigenvalue weighted by molar-refractivity contribution is 7.99. The molecular weight excluding hydrogens is 280 g/mol. The van der Waals surface area contributed by atoms with Crippen molar-refractivity contribution in [3.63, 3.8) is 0 Å². The smallest absolute Gasteiger partial charge is 0.214 e. The molecule has 102 valence electrons. The van der Waals surface area contributed by atoms with Gasteiger partial charge in [-0.1, -0.05) is 23.9 Å². The van der Waals surface area contributed by atoms with Crippen LogP contribution in [0, 0.1) is 0 Å². The maximum Gasteiger partial charge on any atom is 0.214 e. The highest BCUT2D eigenvalue weighted by Gasteiger charge is 2.12. The van der Waals surface area contributed by atoms with Gasteiger partial charge in [-0.2, -0.15) is 16.4 Å². The number of rotatable bonds is 7. The van der Waals surface area contributed by atoms with Crippen LogP contribution in [0.3, 0.4) is 0 Å². The van der Waals surface area contributed by atoms with Crippen molar-refractivity contribution in [2.45, 2.75) is 11.6 Å². The second-order valence-corrected chi connectivity index (χ2v) is 5.79. The standard InChI is InChI=1S/C12H16N4OS2/c1-17-11-7-4-3-6-10(11)16-12(13-14-15-16)19-9-5-8-18-2/h3-4,6-7H,5,8-9H2,1-2H3. The summed E-state index contributed by atoms with van der Waals surface area (Å²) >= 11 is 3.52. The molecule has 0 aliphatic carbocycles. The largest absolute Gasteiger partial charge is 0.494 e. The molecule has 5 nitrogen and oxygen atoms in total. The zero-order valence-electron chi connectivity index (χ0n) is 10.9. The summed E-state index contributed by atoms with van der Waals surface area (Å²) in [6, 6.07) is 7.72. The van der Waals surface area contributed by atoms with Crippen molar-refractivity contribution in [3.05, 3.63) is 24.3 Å². The third-order valence-electron chi connectivity index (χ3n) is 2.48. The Morgan fingerprint density at radius 2 is 2.11 bits per heavy atom. The quantitative estimate of drug-likeness (QED) is 0.578. The number of ether oxygens (including phenoxy) is 1. The number of methoxy groups -OCH3 is 1. The molecule has 0 aliphatic rings. The van der Waals surface area contributed by atoms with Crippen LogP contribution in [-0.4, -0.2) is 45.1 Å². The predicted octanol–water partition coefficient (Wildman–Crippen LogP) is 2.52. The Labute approximate surface area is 121 Å². The lowest BCUT2D eigenvalue weighted by atomic mass is 10.3. The molecule has 0 bridgehead atoms. The molecule has 0 spiro atoms. The third kappa shape index (κ3) is 3.63. The Balaban J connectivity index is 2.14. The van der Waals surface area contributed by atoms with Gasteiger partial charge >= 0.3 is 0 Å². The average molecular weight is 296 g/mol. The minimum atomic E-state index is 0.765. The van der Waals surface area contributed by atoms with Gasteiger partial charge in [-0.3, -0.25) is 0 Å². The number of thioether (sulfide) groups is 2. The fraction of sp³-hybridized carbons (Fsp3) is 0.417. The molecule has 0 saturated heterocycles. The van der Waals surface area contributed by atoms with Gasteiger partial charge in [-0.25, -0.2) is 0 Å². The molecule has 0 radical (unpaired) electrons. The molecule has 0 N–H and O–H groups in total. The molecule has 0 atom stereocenters. The number of hydrogen-bond acceptors (Lipinski definition) is 6. The van der Waals surface area contributed by atoms with Crippen molar-refractivity contribution in [1.29, 1.82) is 0 Å². The van der Waals surface area contributed by atoms with Crippen LogP contribution < -0.4 is 4.74 Å². The summed E-state index contributed by atoms with van der Waals surface area (Å²) in [5.74, 6) is 2.93. The van der Waals surface area contributed by atoms with Crippen LogP contribution in [-0.2, 0) is 0 Å². The second kappa shape index (κ2) is 7.40. The van der Waals surface area contributed by atoms with E-state index >= 15 is 0 Å². The molecule has 7 heteroatoms. The first-order chi connectivity index (χ1) is 9.36. The van der Waals surface area contributed by atoms with Crippen LogP contribution >= 0.6 is 23.5 Å². The Hall–Kier alpha value is -1.21. The Bertz CT molecular complexity index is 518. The van der Waals surface area contributed by atoms with E-state index in [4.69, 9.17) is 4.74 Å². The van der Waals surface area contributed by atoms with Gasteiger partial charge in [-0.15, -0.1) is 5.10 Å². The van der Waals surface area contributed by atoms with Crippen LogP contribution in [0.2, 0.25) is 0 Å². The van der Waals surface area contributed by atoms with Crippen LogP contribution in [0.4, 0.5) is 0 Å². The monoisotopic (exact) mass is 296 g/mol. The summed E-state index contributed by atoms with van der Waals surface area (Å²) in [4.78, 5) is 0. The topological polar surface area (TPSA) is 52.8 Å². The minimum absolute atomic E-state index is 0.765. The lowest BCUT2D eigenvalue weighted by Gasteiger charge is -2.08. The summed E-state index contributed by atoms with van der Waals surface area (Å²) in [5.41, 5.74) is 0.863. The first kappa shape index (κ1) is 14.2. The highest BCUT2D eigenvalue weighted by atomic mass is 32.2. The van der Waals surface area contributed by atoms with Crippen molar-refractivity contribution in [1.82, 2.24) is 20.2 Å². The number of nitrogens with zero attached hydrogens (tertiary/aromatic N) is 4. The Morgan fingerprint density at radius 3 is 2.89 bits per heavy atom. The van der Waals surface area contributed by atoms with E-state index in [1.807, 2.05) is 36.0 Å². The molecule has 2 aromatic rings. The van der Waals surface area contributed by atoms with Crippen LogP contribution in [0.25, 0.3) is 5.69 Å². The van der Waals surface area contributed by atoms with Gasteiger partial charge in [-0.05, 0) is 41.0 Å². The molecule has 1 aromatic carbocycles. The van der Waals surface area contributed by atoms with Crippen LogP contribution in [0.15, 0.2) is 29.4 Å². The van der Waals surface area contributed by atoms with E-state index in [9.17, 15) is 0 Å². The predicted molar refractivity (Wildman–Crippen MR) is 79.4 cm³/mol. The number of aromatic nitrogens is 4. The van der Waals surface area contributed by atoms with Gasteiger partial charge in [0.1, 0.15) is 11.4 Å². The van der Waals surface area contributed by atoms with E-state index in [1.165, 1.54) is 0 Å². The summed E-state index contributed by atoms with van der Waals surface area (Å²) in [6.07, 6.45) is 3.26. The average Bonchev–Trinajstić information content (AvgIpc) is 2.92. The molecule has 0 amide bonds. The second-order valence-electron chi connectivity index (χ2n) is 3.74. The van der Waals surface area contributed by atoms with Crippen molar-refractivity contribution >= 4 is 23.5 Å². The minimum Gasteiger partial charge on any atom is -0.494 e. The van der Waals surface area contributed by atoms with Crippen molar-refractivity contribution in [2.24, 2.45) is 0 Å². The van der Waals surface area contributed by atoms with Gasteiger partial charge in [0.25, 0.3) is 0 Å². The highest BCUT2D eigenvalue weighted by Crippen LogP contribution is 2.25. The van der Waals surface area contributed by atoms with Crippen LogP contribution in [0.1, 0.15) is 6.42 Å². The molecule has 0 fully saturated rings. The summed E-state index contributed by atoms with van der Waals surface area (Å²) in [7, 11) is 1.65. The fourth-order valence-electron chi connectivity index (χ4n) is 1.59. The molecule has 0 aliphatic heterocycles. The molecule has 1 heterocycles. The summed E-state index contributed by atoms with van der Waals surface area (Å²) < 4.78 is 7.06. The van der Waals surface area contributed by atoms with Crippen molar-refractivity contribution < 1.29 is 4.74 Å². The van der Waals surface area contributed by atoms with E-state index < -0.39 is 0 Å². The van der Waals surface area contributed by atoms with E-state index in [2.05, 4.69) is 21.8 Å². The molecule has 0 saturated carbocycles. The summed E-state index contributed by atoms with van der Waals surface area (Å²) in [6.45, 7) is 0. The van der Waals surface area contributed by atoms with Gasteiger partial charge in [0.05, 0.1) is 7.11 Å². The van der Waals surface area contributed by atoms with E-state index in [-0.39, 0.29) is 0 Å². The Morgan fingerprint density at radius 1 is 1.26 bits per heavy atom. The lowest BCUT2D eigenvalue weighted by molar-refractivity contribution is 0.410. The SMILES string of the molecule is COc1ccccc1-n1nnnc1SCCCSC. The van der Waals surface area contributed by atoms with E-state index in [0.717, 1.165) is 34.5 Å². The molecule has 0 unspecified atom stereocenters. The zero-order chi connectivity index (χ0) is 13.5. The van der Waals surface area contributed by atoms with Crippen molar-refractivity contribution in [3.8, 4) is 11.4 Å². The maximum absolute atomic E-state index is 5.34.